The van der Waals surface area contributed by atoms with Crippen LogP contribution in [0.25, 0.3) is 0 Å². The lowest BCUT2D eigenvalue weighted by Gasteiger charge is -1.98. The maximum Gasteiger partial charge on any atom is 0.0465 e. The Hall–Kier alpha value is -1.42. The summed E-state index contributed by atoms with van der Waals surface area (Å²) in [5.41, 5.74) is 1.24. The molecule has 0 spiro atoms. The van der Waals surface area contributed by atoms with Crippen molar-refractivity contribution in [1.82, 2.24) is 0 Å². The molecule has 0 atom stereocenters. The molecule has 0 aromatic heterocycles. The fourth-order valence-corrected chi connectivity index (χ4v) is 2.79. The summed E-state index contributed by atoms with van der Waals surface area (Å²) >= 11 is 0. The fraction of sp³-hybridized carbons (Fsp3) is 0.677. The van der Waals surface area contributed by atoms with Crippen LogP contribution < -0.4 is 0 Å². The molecule has 3 nitrogen and oxygen atoms in total. The van der Waals surface area contributed by atoms with Crippen LogP contribution >= 0.6 is 0 Å². The maximum atomic E-state index is 8.58. The molecule has 34 heavy (non-hydrogen) atoms. The lowest BCUT2D eigenvalue weighted by Crippen LogP contribution is -1.81. The van der Waals surface area contributed by atoms with Gasteiger partial charge in [-0.3, -0.25) is 0 Å². The average Bonchev–Trinajstić information content (AvgIpc) is 2.84. The summed E-state index contributed by atoms with van der Waals surface area (Å²) < 4.78 is 0. The highest BCUT2D eigenvalue weighted by molar-refractivity contribution is 5.13. The van der Waals surface area contributed by atoms with Crippen molar-refractivity contribution in [1.29, 1.82) is 0 Å². The van der Waals surface area contributed by atoms with E-state index in [1.165, 1.54) is 50.5 Å². The van der Waals surface area contributed by atoms with Crippen LogP contribution in [0, 0.1) is 0 Å². The predicted molar refractivity (Wildman–Crippen MR) is 153 cm³/mol. The normalized spacial score (nSPS) is 11.2. The molecule has 0 saturated carbocycles. The number of aliphatic hydroxyl groups excluding tert-OH is 3. The lowest BCUT2D eigenvalue weighted by atomic mass is 10.1. The van der Waals surface area contributed by atoms with E-state index in [1.54, 1.807) is 0 Å². The van der Waals surface area contributed by atoms with Crippen LogP contribution in [0.5, 0.6) is 0 Å². The number of hydrogen-bond donors (Lipinski definition) is 3. The van der Waals surface area contributed by atoms with Gasteiger partial charge in [-0.25, -0.2) is 0 Å². The molecule has 3 N–H and O–H groups in total. The number of rotatable bonds is 20. The third-order valence-corrected chi connectivity index (χ3v) is 4.90. The standard InChI is InChI=1S/C13H24O.C11H20O.C7H14O/c1-3-4-7-10-13(2)11-8-5-6-9-12-14;1-2-3-4-5-6-7-8-9-10-11-12;1-2-3-4-5-6-7-8/h8,11,14H,2-7,9-10,12H2,1H3;6-9,12H,2-5,10-11H2,1H3;2-3,8H,4-7H2,1H3/b11-8-;7-6-,9-8-;3-2-. The number of allylic oxidation sites excluding steroid dienone is 8. The van der Waals surface area contributed by atoms with E-state index >= 15 is 0 Å². The van der Waals surface area contributed by atoms with Gasteiger partial charge in [-0.2, -0.15) is 0 Å². The Morgan fingerprint density at radius 3 is 1.62 bits per heavy atom. The molecule has 0 fully saturated rings. The first-order valence-electron chi connectivity index (χ1n) is 13.7. The SMILES string of the molecule is C/C=C\CCCCO.C=C(/C=C\CCCCO)CCCCC.CCCCC/C=C\C=C/CCO. The molecule has 200 valence electrons. The summed E-state index contributed by atoms with van der Waals surface area (Å²) in [5.74, 6) is 0. The van der Waals surface area contributed by atoms with Crippen molar-refractivity contribution in [2.24, 2.45) is 0 Å². The van der Waals surface area contributed by atoms with E-state index in [0.29, 0.717) is 13.2 Å². The van der Waals surface area contributed by atoms with Gasteiger partial charge in [-0.15, -0.1) is 0 Å². The largest absolute Gasteiger partial charge is 0.396 e. The second-order valence-electron chi connectivity index (χ2n) is 8.39. The van der Waals surface area contributed by atoms with Crippen molar-refractivity contribution in [2.75, 3.05) is 19.8 Å². The molecule has 0 heterocycles. The minimum absolute atomic E-state index is 0.250. The first-order valence-corrected chi connectivity index (χ1v) is 13.7. The topological polar surface area (TPSA) is 60.7 Å². The smallest absolute Gasteiger partial charge is 0.0465 e. The molecule has 0 radical (unpaired) electrons. The summed E-state index contributed by atoms with van der Waals surface area (Å²) in [6, 6.07) is 0. The van der Waals surface area contributed by atoms with Gasteiger partial charge in [-0.1, -0.05) is 100 Å². The zero-order valence-electron chi connectivity index (χ0n) is 22.9. The number of unbranched alkanes of at least 4 members (excludes halogenated alkanes) is 9. The predicted octanol–water partition coefficient (Wildman–Crippen LogP) is 8.63. The van der Waals surface area contributed by atoms with Gasteiger partial charge < -0.3 is 15.3 Å². The minimum Gasteiger partial charge on any atom is -0.396 e. The van der Waals surface area contributed by atoms with Gasteiger partial charge in [0.05, 0.1) is 0 Å². The first kappa shape index (κ1) is 37.1. The molecule has 0 rings (SSSR count). The molecule has 0 aliphatic heterocycles. The second-order valence-corrected chi connectivity index (χ2v) is 8.39. The lowest BCUT2D eigenvalue weighted by molar-refractivity contribution is 0.285. The first-order chi connectivity index (χ1) is 16.6. The molecule has 3 heteroatoms. The average molecular weight is 479 g/mol. The summed E-state index contributed by atoms with van der Waals surface area (Å²) in [7, 11) is 0. The monoisotopic (exact) mass is 478 g/mol. The second kappa shape index (κ2) is 38.8. The summed E-state index contributed by atoms with van der Waals surface area (Å²) in [6.07, 6.45) is 33.7. The van der Waals surface area contributed by atoms with Gasteiger partial charge in [0.25, 0.3) is 0 Å². The Balaban J connectivity index is -0.000000440. The van der Waals surface area contributed by atoms with Gasteiger partial charge >= 0.3 is 0 Å². The molecule has 0 aromatic carbocycles. The van der Waals surface area contributed by atoms with E-state index in [4.69, 9.17) is 15.3 Å². The van der Waals surface area contributed by atoms with E-state index in [9.17, 15) is 0 Å². The summed E-state index contributed by atoms with van der Waals surface area (Å²) in [4.78, 5) is 0. The highest BCUT2D eigenvalue weighted by Gasteiger charge is 1.89. The van der Waals surface area contributed by atoms with Gasteiger partial charge in [0.1, 0.15) is 0 Å². The quantitative estimate of drug-likeness (QED) is 0.0932. The summed E-state index contributed by atoms with van der Waals surface area (Å²) in [5, 5.41) is 25.4. The van der Waals surface area contributed by atoms with Crippen molar-refractivity contribution in [2.45, 2.75) is 117 Å². The van der Waals surface area contributed by atoms with Crippen LogP contribution in [0.1, 0.15) is 117 Å². The van der Waals surface area contributed by atoms with Crippen LogP contribution in [0.3, 0.4) is 0 Å². The van der Waals surface area contributed by atoms with Gasteiger partial charge in [0.15, 0.2) is 0 Å². The maximum absolute atomic E-state index is 8.58. The Bertz CT molecular complexity index is 475. The van der Waals surface area contributed by atoms with Gasteiger partial charge in [-0.05, 0) is 77.6 Å². The van der Waals surface area contributed by atoms with Crippen molar-refractivity contribution < 1.29 is 15.3 Å². The van der Waals surface area contributed by atoms with E-state index in [-0.39, 0.29) is 6.61 Å². The van der Waals surface area contributed by atoms with Crippen molar-refractivity contribution in [3.05, 3.63) is 60.8 Å². The van der Waals surface area contributed by atoms with Crippen LogP contribution in [-0.2, 0) is 0 Å². The Kier molecular flexibility index (Phi) is 42.4. The molecule has 0 aromatic rings. The third-order valence-electron chi connectivity index (χ3n) is 4.90. The van der Waals surface area contributed by atoms with Crippen molar-refractivity contribution >= 4 is 0 Å². The van der Waals surface area contributed by atoms with Gasteiger partial charge in [0, 0.05) is 19.8 Å². The molecule has 0 aliphatic carbocycles. The summed E-state index contributed by atoms with van der Waals surface area (Å²) in [6.45, 7) is 11.3. The van der Waals surface area contributed by atoms with Crippen molar-refractivity contribution in [3.8, 4) is 0 Å². The Labute approximate surface area is 213 Å². The fourth-order valence-electron chi connectivity index (χ4n) is 2.79. The molecule has 0 amide bonds. The molecule has 0 bridgehead atoms. The highest BCUT2D eigenvalue weighted by Crippen LogP contribution is 2.09. The zero-order chi connectivity index (χ0) is 26.0. The van der Waals surface area contributed by atoms with Gasteiger partial charge in [0.2, 0.25) is 0 Å². The van der Waals surface area contributed by atoms with E-state index in [1.807, 2.05) is 25.2 Å². The third kappa shape index (κ3) is 44.3. The molecular formula is C31H58O3. The van der Waals surface area contributed by atoms with E-state index in [2.05, 4.69) is 50.8 Å². The molecule has 0 unspecified atom stereocenters. The van der Waals surface area contributed by atoms with Crippen LogP contribution in [0.4, 0.5) is 0 Å². The van der Waals surface area contributed by atoms with Crippen LogP contribution in [0.2, 0.25) is 0 Å². The molecule has 0 aliphatic rings. The molecule has 0 saturated heterocycles. The van der Waals surface area contributed by atoms with E-state index in [0.717, 1.165) is 51.4 Å². The number of aliphatic hydroxyl groups is 3. The molecular weight excluding hydrogens is 420 g/mol. The highest BCUT2D eigenvalue weighted by atomic mass is 16.3. The number of hydrogen-bond acceptors (Lipinski definition) is 3. The minimum atomic E-state index is 0.250. The zero-order valence-corrected chi connectivity index (χ0v) is 22.9. The van der Waals surface area contributed by atoms with Crippen LogP contribution in [0.15, 0.2) is 60.8 Å². The van der Waals surface area contributed by atoms with Crippen LogP contribution in [-0.4, -0.2) is 35.1 Å². The van der Waals surface area contributed by atoms with Crippen molar-refractivity contribution in [3.63, 3.8) is 0 Å². The van der Waals surface area contributed by atoms with E-state index < -0.39 is 0 Å². The Morgan fingerprint density at radius 2 is 1.09 bits per heavy atom. The Morgan fingerprint density at radius 1 is 0.588 bits per heavy atom.